The first-order chi connectivity index (χ1) is 12.0. The Kier molecular flexibility index (Phi) is 5.22. The van der Waals surface area contributed by atoms with Gasteiger partial charge in [-0.25, -0.2) is 4.39 Å². The Labute approximate surface area is 147 Å². The van der Waals surface area contributed by atoms with Crippen LogP contribution in [0.3, 0.4) is 0 Å². The molecular weight excluding hydrogens is 319 g/mol. The lowest BCUT2D eigenvalue weighted by Gasteiger charge is -2.28. The molecule has 0 unspecified atom stereocenters. The second-order valence-electron chi connectivity index (χ2n) is 6.54. The molecule has 0 aromatic heterocycles. The molecule has 3 rings (SSSR count). The number of benzene rings is 2. The van der Waals surface area contributed by atoms with Gasteiger partial charge in [0.15, 0.2) is 0 Å². The zero-order valence-electron chi connectivity index (χ0n) is 14.4. The van der Waals surface area contributed by atoms with E-state index in [-0.39, 0.29) is 18.7 Å². The summed E-state index contributed by atoms with van der Waals surface area (Å²) in [6.07, 6.45) is 2.45. The van der Waals surface area contributed by atoms with Crippen LogP contribution in [-0.2, 0) is 24.2 Å². The SMILES string of the molecule is CN1CCCc2ccc(CNc3ccc(CCC(=O)O)c(F)c3)cc21. The Morgan fingerprint density at radius 3 is 2.88 bits per heavy atom. The van der Waals surface area contributed by atoms with Gasteiger partial charge in [0.1, 0.15) is 5.82 Å². The fourth-order valence-corrected chi connectivity index (χ4v) is 3.22. The highest BCUT2D eigenvalue weighted by molar-refractivity contribution is 5.67. The molecule has 2 aromatic rings. The topological polar surface area (TPSA) is 52.6 Å². The van der Waals surface area contributed by atoms with Gasteiger partial charge in [0.25, 0.3) is 0 Å². The molecule has 1 aliphatic rings. The van der Waals surface area contributed by atoms with Gasteiger partial charge in [-0.2, -0.15) is 0 Å². The van der Waals surface area contributed by atoms with E-state index < -0.39 is 5.97 Å². The fourth-order valence-electron chi connectivity index (χ4n) is 3.22. The third-order valence-corrected chi connectivity index (χ3v) is 4.66. The van der Waals surface area contributed by atoms with Gasteiger partial charge in [-0.1, -0.05) is 18.2 Å². The molecule has 0 radical (unpaired) electrons. The number of nitrogens with zero attached hydrogens (tertiary/aromatic N) is 1. The highest BCUT2D eigenvalue weighted by Crippen LogP contribution is 2.27. The molecule has 4 nitrogen and oxygen atoms in total. The lowest BCUT2D eigenvalue weighted by molar-refractivity contribution is -0.136. The van der Waals surface area contributed by atoms with Crippen LogP contribution in [0.15, 0.2) is 36.4 Å². The minimum absolute atomic E-state index is 0.0632. The van der Waals surface area contributed by atoms with Crippen molar-refractivity contribution in [3.05, 3.63) is 58.9 Å². The number of nitrogens with one attached hydrogen (secondary N) is 1. The van der Waals surface area contributed by atoms with Crippen LogP contribution in [0.4, 0.5) is 15.8 Å². The predicted octanol–water partition coefficient (Wildman–Crippen LogP) is 3.84. The number of carboxylic acids is 1. The maximum atomic E-state index is 14.1. The standard InChI is InChI=1S/C20H23FN2O2/c1-23-10-2-3-16-5-4-14(11-19(16)23)13-22-17-8-6-15(18(21)12-17)7-9-20(24)25/h4-6,8,11-12,22H,2-3,7,9-10,13H2,1H3,(H,24,25). The molecule has 0 saturated carbocycles. The first-order valence-corrected chi connectivity index (χ1v) is 8.60. The average Bonchev–Trinajstić information content (AvgIpc) is 2.59. The van der Waals surface area contributed by atoms with E-state index >= 15 is 0 Å². The Balaban J connectivity index is 1.64. The molecule has 132 valence electrons. The molecule has 5 heteroatoms. The van der Waals surface area contributed by atoms with E-state index in [1.807, 2.05) is 0 Å². The first kappa shape index (κ1) is 17.3. The number of carboxylic acid groups (broad SMARTS) is 1. The summed E-state index contributed by atoms with van der Waals surface area (Å²) in [6.45, 7) is 1.70. The molecule has 0 bridgehead atoms. The predicted molar refractivity (Wildman–Crippen MR) is 97.7 cm³/mol. The van der Waals surface area contributed by atoms with Crippen molar-refractivity contribution in [1.29, 1.82) is 0 Å². The number of rotatable bonds is 6. The van der Waals surface area contributed by atoms with Gasteiger partial charge in [0.05, 0.1) is 0 Å². The van der Waals surface area contributed by atoms with Crippen molar-refractivity contribution < 1.29 is 14.3 Å². The molecule has 25 heavy (non-hydrogen) atoms. The highest BCUT2D eigenvalue weighted by Gasteiger charge is 2.13. The molecule has 0 spiro atoms. The molecule has 2 aromatic carbocycles. The maximum absolute atomic E-state index is 14.1. The van der Waals surface area contributed by atoms with Crippen molar-refractivity contribution in [2.24, 2.45) is 0 Å². The fraction of sp³-hybridized carbons (Fsp3) is 0.350. The number of carbonyl (C=O) groups is 1. The van der Waals surface area contributed by atoms with Crippen molar-refractivity contribution in [2.45, 2.75) is 32.2 Å². The van der Waals surface area contributed by atoms with Gasteiger partial charge in [-0.3, -0.25) is 4.79 Å². The molecule has 1 heterocycles. The maximum Gasteiger partial charge on any atom is 0.303 e. The Morgan fingerprint density at radius 2 is 2.12 bits per heavy atom. The quantitative estimate of drug-likeness (QED) is 0.837. The van der Waals surface area contributed by atoms with E-state index in [0.717, 1.165) is 18.5 Å². The minimum atomic E-state index is -0.918. The van der Waals surface area contributed by atoms with E-state index in [0.29, 0.717) is 17.8 Å². The van der Waals surface area contributed by atoms with E-state index in [2.05, 4.69) is 35.5 Å². The van der Waals surface area contributed by atoms with Crippen LogP contribution >= 0.6 is 0 Å². The molecule has 0 aliphatic carbocycles. The number of aliphatic carboxylic acids is 1. The van der Waals surface area contributed by atoms with Gasteiger partial charge < -0.3 is 15.3 Å². The molecule has 0 fully saturated rings. The minimum Gasteiger partial charge on any atom is -0.481 e. The van der Waals surface area contributed by atoms with Crippen LogP contribution in [0.5, 0.6) is 0 Å². The Morgan fingerprint density at radius 1 is 1.28 bits per heavy atom. The average molecular weight is 342 g/mol. The highest BCUT2D eigenvalue weighted by atomic mass is 19.1. The number of fused-ring (bicyclic) bond motifs is 1. The summed E-state index contributed by atoms with van der Waals surface area (Å²) in [5.74, 6) is -1.28. The number of hydrogen-bond donors (Lipinski definition) is 2. The van der Waals surface area contributed by atoms with Gasteiger partial charge >= 0.3 is 5.97 Å². The van der Waals surface area contributed by atoms with Crippen molar-refractivity contribution in [3.63, 3.8) is 0 Å². The van der Waals surface area contributed by atoms with E-state index in [1.54, 1.807) is 12.1 Å². The summed E-state index contributed by atoms with van der Waals surface area (Å²) in [6, 6.07) is 11.4. The molecule has 0 saturated heterocycles. The van der Waals surface area contributed by atoms with Crippen LogP contribution in [0.2, 0.25) is 0 Å². The zero-order chi connectivity index (χ0) is 17.8. The van der Waals surface area contributed by atoms with Crippen LogP contribution < -0.4 is 10.2 Å². The smallest absolute Gasteiger partial charge is 0.303 e. The molecule has 0 atom stereocenters. The zero-order valence-corrected chi connectivity index (χ0v) is 14.4. The van der Waals surface area contributed by atoms with Crippen molar-refractivity contribution in [3.8, 4) is 0 Å². The Bertz CT molecular complexity index is 776. The van der Waals surface area contributed by atoms with E-state index in [9.17, 15) is 9.18 Å². The second kappa shape index (κ2) is 7.55. The lowest BCUT2D eigenvalue weighted by Crippen LogP contribution is -2.24. The van der Waals surface area contributed by atoms with Crippen molar-refractivity contribution in [1.82, 2.24) is 0 Å². The lowest BCUT2D eigenvalue weighted by atomic mass is 10.00. The molecule has 0 amide bonds. The number of hydrogen-bond acceptors (Lipinski definition) is 3. The normalized spacial score (nSPS) is 13.4. The van der Waals surface area contributed by atoms with E-state index in [1.165, 1.54) is 23.7 Å². The Hall–Kier alpha value is -2.56. The number of anilines is 2. The number of halogens is 1. The summed E-state index contributed by atoms with van der Waals surface area (Å²) in [7, 11) is 2.11. The van der Waals surface area contributed by atoms with Crippen molar-refractivity contribution >= 4 is 17.3 Å². The monoisotopic (exact) mass is 342 g/mol. The van der Waals surface area contributed by atoms with Crippen LogP contribution in [-0.4, -0.2) is 24.7 Å². The molecular formula is C20H23FN2O2. The molecule has 1 aliphatic heterocycles. The number of aryl methyl sites for hydroxylation is 2. The third-order valence-electron chi connectivity index (χ3n) is 4.66. The molecule has 2 N–H and O–H groups in total. The summed E-state index contributed by atoms with van der Waals surface area (Å²) < 4.78 is 14.1. The van der Waals surface area contributed by atoms with Crippen LogP contribution in [0.1, 0.15) is 29.5 Å². The summed E-state index contributed by atoms with van der Waals surface area (Å²) in [4.78, 5) is 12.9. The second-order valence-corrected chi connectivity index (χ2v) is 6.54. The van der Waals surface area contributed by atoms with Crippen LogP contribution in [0.25, 0.3) is 0 Å². The summed E-state index contributed by atoms with van der Waals surface area (Å²) in [5.41, 5.74) is 4.95. The van der Waals surface area contributed by atoms with Gasteiger partial charge in [0, 0.05) is 37.9 Å². The third kappa shape index (κ3) is 4.29. The van der Waals surface area contributed by atoms with Gasteiger partial charge in [-0.15, -0.1) is 0 Å². The van der Waals surface area contributed by atoms with E-state index in [4.69, 9.17) is 5.11 Å². The van der Waals surface area contributed by atoms with Crippen LogP contribution in [0, 0.1) is 5.82 Å². The van der Waals surface area contributed by atoms with Crippen molar-refractivity contribution in [2.75, 3.05) is 23.8 Å². The first-order valence-electron chi connectivity index (χ1n) is 8.60. The van der Waals surface area contributed by atoms with Gasteiger partial charge in [-0.05, 0) is 54.2 Å². The largest absolute Gasteiger partial charge is 0.481 e. The van der Waals surface area contributed by atoms with Gasteiger partial charge in [0.2, 0.25) is 0 Å². The summed E-state index contributed by atoms with van der Waals surface area (Å²) >= 11 is 0. The summed E-state index contributed by atoms with van der Waals surface area (Å²) in [5, 5.41) is 11.9.